The summed E-state index contributed by atoms with van der Waals surface area (Å²) in [7, 11) is 4.50. The van der Waals surface area contributed by atoms with E-state index in [-0.39, 0.29) is 22.8 Å². The maximum Gasteiger partial charge on any atom is 0.261 e. The average Bonchev–Trinajstić information content (AvgIpc) is 2.78. The highest BCUT2D eigenvalue weighted by Crippen LogP contribution is 2.37. The molecule has 0 aliphatic heterocycles. The molecule has 0 aliphatic rings. The van der Waals surface area contributed by atoms with Crippen LogP contribution in [-0.4, -0.2) is 38.9 Å². The number of aromatic hydroxyl groups is 1. The Morgan fingerprint density at radius 2 is 1.74 bits per heavy atom. The number of carbonyl (C=O) groups is 1. The Hall–Kier alpha value is -3.92. The van der Waals surface area contributed by atoms with Gasteiger partial charge in [0.05, 0.1) is 21.3 Å². The fraction of sp³-hybridized carbons (Fsp3) is 0.250. The number of allylic oxidation sites excluding steroid dienone is 2. The summed E-state index contributed by atoms with van der Waals surface area (Å²) in [6.45, 7) is 2.35. The molecule has 31 heavy (non-hydrogen) atoms. The minimum Gasteiger partial charge on any atom is -0.502 e. The van der Waals surface area contributed by atoms with E-state index in [0.29, 0.717) is 18.5 Å². The van der Waals surface area contributed by atoms with Gasteiger partial charge in [-0.1, -0.05) is 24.3 Å². The lowest BCUT2D eigenvalue weighted by molar-refractivity contribution is -0.117. The summed E-state index contributed by atoms with van der Waals surface area (Å²) in [4.78, 5) is 12.3. The molecule has 0 fully saturated rings. The van der Waals surface area contributed by atoms with Crippen LogP contribution in [0.15, 0.2) is 48.1 Å². The van der Waals surface area contributed by atoms with Crippen LogP contribution in [0.4, 0.5) is 0 Å². The summed E-state index contributed by atoms with van der Waals surface area (Å²) in [5.74, 6) is 0.769. The number of nitrogens with one attached hydrogen (secondary N) is 1. The molecule has 162 valence electrons. The summed E-state index contributed by atoms with van der Waals surface area (Å²) in [5, 5.41) is 22.0. The molecule has 0 bridgehead atoms. The molecule has 7 nitrogen and oxygen atoms in total. The third-order valence-electron chi connectivity index (χ3n) is 4.59. The molecule has 0 saturated carbocycles. The first-order valence-electron chi connectivity index (χ1n) is 9.58. The van der Waals surface area contributed by atoms with Crippen molar-refractivity contribution in [2.24, 2.45) is 0 Å². The second kappa shape index (κ2) is 11.3. The fourth-order valence-electron chi connectivity index (χ4n) is 2.86. The number of benzene rings is 2. The third kappa shape index (κ3) is 6.28. The van der Waals surface area contributed by atoms with Crippen LogP contribution in [0.1, 0.15) is 16.7 Å². The van der Waals surface area contributed by atoms with Crippen LogP contribution in [-0.2, 0) is 11.2 Å². The Labute approximate surface area is 182 Å². The normalized spacial score (nSPS) is 11.1. The lowest BCUT2D eigenvalue weighted by Gasteiger charge is -2.09. The zero-order valence-electron chi connectivity index (χ0n) is 18.1. The zero-order chi connectivity index (χ0) is 22.8. The Morgan fingerprint density at radius 3 is 2.32 bits per heavy atom. The van der Waals surface area contributed by atoms with Crippen LogP contribution < -0.4 is 19.5 Å². The Morgan fingerprint density at radius 1 is 1.10 bits per heavy atom. The molecule has 2 rings (SSSR count). The van der Waals surface area contributed by atoms with Crippen LogP contribution in [0.2, 0.25) is 0 Å². The van der Waals surface area contributed by atoms with E-state index in [9.17, 15) is 15.2 Å². The van der Waals surface area contributed by atoms with Gasteiger partial charge in [0.15, 0.2) is 11.5 Å². The molecule has 2 aromatic rings. The van der Waals surface area contributed by atoms with Crippen molar-refractivity contribution >= 4 is 12.0 Å². The summed E-state index contributed by atoms with van der Waals surface area (Å²) < 4.78 is 15.5. The summed E-state index contributed by atoms with van der Waals surface area (Å²) in [5.41, 5.74) is 2.73. The number of phenols is 1. The van der Waals surface area contributed by atoms with Crippen molar-refractivity contribution in [3.63, 3.8) is 0 Å². The highest BCUT2D eigenvalue weighted by molar-refractivity contribution is 5.97. The predicted octanol–water partition coefficient (Wildman–Crippen LogP) is 3.55. The molecule has 0 saturated heterocycles. The molecule has 0 heterocycles. The van der Waals surface area contributed by atoms with Gasteiger partial charge in [-0.15, -0.1) is 0 Å². The maximum absolute atomic E-state index is 12.3. The molecule has 1 amide bonds. The molecule has 2 N–H and O–H groups in total. The van der Waals surface area contributed by atoms with E-state index < -0.39 is 5.91 Å². The topological polar surface area (TPSA) is 101 Å². The average molecular weight is 422 g/mol. The van der Waals surface area contributed by atoms with Crippen LogP contribution in [0.5, 0.6) is 23.0 Å². The molecule has 2 aromatic carbocycles. The summed E-state index contributed by atoms with van der Waals surface area (Å²) in [6.07, 6.45) is 5.29. The monoisotopic (exact) mass is 422 g/mol. The molecule has 0 unspecified atom stereocenters. The number of aryl methyl sites for hydroxylation is 1. The van der Waals surface area contributed by atoms with Crippen molar-refractivity contribution in [1.29, 1.82) is 5.26 Å². The van der Waals surface area contributed by atoms with Gasteiger partial charge in [-0.25, -0.2) is 0 Å². The van der Waals surface area contributed by atoms with E-state index in [1.807, 2.05) is 31.2 Å². The highest BCUT2D eigenvalue weighted by atomic mass is 16.5. The quantitative estimate of drug-likeness (QED) is 0.364. The van der Waals surface area contributed by atoms with Crippen LogP contribution in [0.3, 0.4) is 0 Å². The Kier molecular flexibility index (Phi) is 8.52. The first kappa shape index (κ1) is 23.4. The minimum atomic E-state index is -0.452. The van der Waals surface area contributed by atoms with Gasteiger partial charge in [-0.2, -0.15) is 5.26 Å². The minimum absolute atomic E-state index is 0.0181. The SMILES string of the molecule is COc1cc(CCNC(=O)/C(C#N)=C/C=C/c2cc(OC)c(O)c(OC)c2)ccc1C. The molecule has 0 aliphatic carbocycles. The van der Waals surface area contributed by atoms with Crippen LogP contribution in [0, 0.1) is 18.3 Å². The predicted molar refractivity (Wildman–Crippen MR) is 118 cm³/mol. The van der Waals surface area contributed by atoms with E-state index in [1.165, 1.54) is 20.3 Å². The van der Waals surface area contributed by atoms with Gasteiger partial charge in [-0.3, -0.25) is 4.79 Å². The van der Waals surface area contributed by atoms with Gasteiger partial charge < -0.3 is 24.6 Å². The lowest BCUT2D eigenvalue weighted by Crippen LogP contribution is -2.26. The number of nitriles is 1. The molecule has 0 radical (unpaired) electrons. The molecule has 7 heteroatoms. The lowest BCUT2D eigenvalue weighted by atomic mass is 10.1. The Bertz CT molecular complexity index is 1010. The Balaban J connectivity index is 2.01. The van der Waals surface area contributed by atoms with E-state index in [2.05, 4.69) is 5.32 Å². The standard InChI is InChI=1S/C24H26N2O5/c1-16-8-9-17(12-20(16)29-2)10-11-26-24(28)19(15-25)7-5-6-18-13-21(30-3)23(27)22(14-18)31-4/h5-9,12-14,27H,10-11H2,1-4H3,(H,26,28)/b6-5+,19-7+. The number of methoxy groups -OCH3 is 3. The van der Waals surface area contributed by atoms with Crippen molar-refractivity contribution in [3.8, 4) is 29.1 Å². The van der Waals surface area contributed by atoms with Gasteiger partial charge in [-0.05, 0) is 54.3 Å². The molecule has 0 spiro atoms. The summed E-state index contributed by atoms with van der Waals surface area (Å²) in [6, 6.07) is 11.0. The number of phenolic OH excluding ortho intramolecular Hbond substituents is 1. The molecule has 0 atom stereocenters. The van der Waals surface area contributed by atoms with Gasteiger partial charge >= 0.3 is 0 Å². The van der Waals surface area contributed by atoms with Gasteiger partial charge in [0, 0.05) is 6.54 Å². The van der Waals surface area contributed by atoms with Crippen molar-refractivity contribution in [2.75, 3.05) is 27.9 Å². The first-order valence-corrected chi connectivity index (χ1v) is 9.58. The van der Waals surface area contributed by atoms with Crippen molar-refractivity contribution in [3.05, 3.63) is 64.7 Å². The molecular weight excluding hydrogens is 396 g/mol. The van der Waals surface area contributed by atoms with Gasteiger partial charge in [0.1, 0.15) is 17.4 Å². The van der Waals surface area contributed by atoms with Crippen molar-refractivity contribution in [2.45, 2.75) is 13.3 Å². The number of carbonyl (C=O) groups excluding carboxylic acids is 1. The highest BCUT2D eigenvalue weighted by Gasteiger charge is 2.10. The zero-order valence-corrected chi connectivity index (χ0v) is 18.1. The van der Waals surface area contributed by atoms with E-state index in [1.54, 1.807) is 31.4 Å². The largest absolute Gasteiger partial charge is 0.502 e. The molecule has 0 aromatic heterocycles. The van der Waals surface area contributed by atoms with Crippen molar-refractivity contribution in [1.82, 2.24) is 5.32 Å². The number of nitrogens with zero attached hydrogens (tertiary/aromatic N) is 1. The number of ether oxygens (including phenoxy) is 3. The van der Waals surface area contributed by atoms with Gasteiger partial charge in [0.2, 0.25) is 5.75 Å². The maximum atomic E-state index is 12.3. The second-order valence-corrected chi connectivity index (χ2v) is 6.64. The van der Waals surface area contributed by atoms with Crippen LogP contribution >= 0.6 is 0 Å². The van der Waals surface area contributed by atoms with E-state index in [4.69, 9.17) is 14.2 Å². The van der Waals surface area contributed by atoms with Crippen molar-refractivity contribution < 1.29 is 24.1 Å². The third-order valence-corrected chi connectivity index (χ3v) is 4.59. The fourth-order valence-corrected chi connectivity index (χ4v) is 2.86. The number of hydrogen-bond acceptors (Lipinski definition) is 6. The first-order chi connectivity index (χ1) is 14.9. The summed E-state index contributed by atoms with van der Waals surface area (Å²) >= 11 is 0. The van der Waals surface area contributed by atoms with E-state index in [0.717, 1.165) is 16.9 Å². The number of rotatable bonds is 9. The smallest absolute Gasteiger partial charge is 0.261 e. The van der Waals surface area contributed by atoms with Gasteiger partial charge in [0.25, 0.3) is 5.91 Å². The second-order valence-electron chi connectivity index (χ2n) is 6.64. The molecular formula is C24H26N2O5. The van der Waals surface area contributed by atoms with Crippen LogP contribution in [0.25, 0.3) is 6.08 Å². The van der Waals surface area contributed by atoms with E-state index >= 15 is 0 Å². The number of hydrogen-bond donors (Lipinski definition) is 2. The number of amides is 1.